The number of anilines is 1. The first-order valence-corrected chi connectivity index (χ1v) is 27.8. The van der Waals surface area contributed by atoms with Crippen molar-refractivity contribution >= 4 is 93.8 Å². The Kier molecular flexibility index (Phi) is 20.7. The number of nitrogens with one attached hydrogen (secondary N) is 5. The quantitative estimate of drug-likeness (QED) is 0.0375. The zero-order valence-corrected chi connectivity index (χ0v) is 42.3. The monoisotopic (exact) mass is 1110 g/mol. The average molecular weight is 1110 g/mol. The number of unbranched alkanes of at least 4 members (excludes halogenated alkanes) is 1. The van der Waals surface area contributed by atoms with E-state index in [0.29, 0.717) is 25.7 Å². The van der Waals surface area contributed by atoms with Crippen LogP contribution in [0.4, 0.5) is 5.95 Å². The summed E-state index contributed by atoms with van der Waals surface area (Å²) in [6.07, 6.45) is -1.66. The number of rotatable bonds is 26. The van der Waals surface area contributed by atoms with Crippen molar-refractivity contribution in [1.82, 2.24) is 45.0 Å². The van der Waals surface area contributed by atoms with Crippen LogP contribution in [0.15, 0.2) is 11.0 Å². The van der Waals surface area contributed by atoms with Gasteiger partial charge in [0.2, 0.25) is 41.4 Å². The van der Waals surface area contributed by atoms with E-state index in [-0.39, 0.29) is 85.9 Å². The van der Waals surface area contributed by atoms with Gasteiger partial charge in [0.25, 0.3) is 5.56 Å². The van der Waals surface area contributed by atoms with Crippen molar-refractivity contribution in [2.75, 3.05) is 37.7 Å². The van der Waals surface area contributed by atoms with Crippen molar-refractivity contribution in [3.8, 4) is 0 Å². The largest absolute Gasteiger partial charge is 0.490 e. The molecule has 6 unspecified atom stereocenters. The summed E-state index contributed by atoms with van der Waals surface area (Å²) in [6, 6.07) is -4.86. The number of nitrogens with two attached hydrogens (primary N) is 1. The fraction of sp³-hybridized carbons (Fsp3) is 0.605. The van der Waals surface area contributed by atoms with Gasteiger partial charge in [-0.05, 0) is 63.8 Å². The Morgan fingerprint density at radius 2 is 1.63 bits per heavy atom. The van der Waals surface area contributed by atoms with Gasteiger partial charge in [-0.3, -0.25) is 51.8 Å². The number of carboxylic acid groups (broad SMARTS) is 1. The maximum absolute atomic E-state index is 14.2. The molecular weight excluding hydrogens is 1060 g/mol. The number of aliphatic carboxylic acids is 1. The first-order valence-electron chi connectivity index (χ1n) is 22.4. The second kappa shape index (κ2) is 25.6. The third-order valence-electron chi connectivity index (χ3n) is 11.5. The van der Waals surface area contributed by atoms with Gasteiger partial charge < -0.3 is 71.3 Å². The number of hydrogen-bond acceptors (Lipinski definition) is 19. The number of H-pyrrole nitrogens is 1. The van der Waals surface area contributed by atoms with E-state index in [9.17, 15) is 72.1 Å². The minimum atomic E-state index is -5.83. The molecule has 3 aliphatic heterocycles. The van der Waals surface area contributed by atoms with Gasteiger partial charge in [-0.25, -0.2) is 18.7 Å². The Balaban J connectivity index is 1.24. The molecule has 31 nitrogen and oxygen atoms in total. The number of aliphatic hydroxyl groups excluding tert-OH is 1. The molecule has 2 aromatic heterocycles. The van der Waals surface area contributed by atoms with Crippen molar-refractivity contribution in [3.63, 3.8) is 0 Å². The highest BCUT2D eigenvalue weighted by Crippen LogP contribution is 2.66. The van der Waals surface area contributed by atoms with Gasteiger partial charge >= 0.3 is 29.4 Å². The van der Waals surface area contributed by atoms with Gasteiger partial charge in [-0.15, -0.1) is 0 Å². The van der Waals surface area contributed by atoms with Gasteiger partial charge in [0, 0.05) is 56.9 Å². The normalized spacial score (nSPS) is 22.5. The highest BCUT2D eigenvalue weighted by Gasteiger charge is 2.44. The Hall–Kier alpha value is -4.81. The predicted molar refractivity (Wildman–Crippen MR) is 250 cm³/mol. The van der Waals surface area contributed by atoms with Crippen molar-refractivity contribution in [3.05, 3.63) is 35.6 Å². The molecule has 9 atom stereocenters. The number of hydrogen-bond donors (Lipinski definition) is 12. The van der Waals surface area contributed by atoms with E-state index in [1.807, 2.05) is 0 Å². The van der Waals surface area contributed by atoms with Gasteiger partial charge in [0.15, 0.2) is 0 Å². The number of likely N-dealkylation sites (tertiary alicyclic amines) is 2. The van der Waals surface area contributed by atoms with Gasteiger partial charge in [0.05, 0.1) is 31.8 Å². The third-order valence-corrected chi connectivity index (χ3v) is 16.2. The van der Waals surface area contributed by atoms with Crippen LogP contribution in [-0.2, 0) is 65.1 Å². The maximum atomic E-state index is 14.2. The van der Waals surface area contributed by atoms with E-state index < -0.39 is 120 Å². The second-order valence-corrected chi connectivity index (χ2v) is 22.3. The first-order chi connectivity index (χ1) is 34.2. The molecule has 405 valence electrons. The lowest BCUT2D eigenvalue weighted by Gasteiger charge is -2.31. The van der Waals surface area contributed by atoms with Crippen LogP contribution in [0.2, 0.25) is 0 Å². The van der Waals surface area contributed by atoms with Crippen LogP contribution < -0.4 is 32.6 Å². The molecule has 0 spiro atoms. The number of phosphoric ester groups is 1. The number of nitrogen functional groups attached to an aromatic ring is 1. The summed E-state index contributed by atoms with van der Waals surface area (Å²) < 4.78 is 54.2. The summed E-state index contributed by atoms with van der Waals surface area (Å²) in [7, 11) is -17.1. The summed E-state index contributed by atoms with van der Waals surface area (Å²) in [4.78, 5) is 150. The highest BCUT2D eigenvalue weighted by atomic mass is 32.2. The summed E-state index contributed by atoms with van der Waals surface area (Å²) >= 11 is 0.980. The Bertz CT molecular complexity index is 2600. The van der Waals surface area contributed by atoms with E-state index >= 15 is 0 Å². The molecule has 0 saturated carbocycles. The summed E-state index contributed by atoms with van der Waals surface area (Å²) in [5.41, 5.74) is 5.30. The van der Waals surface area contributed by atoms with Gasteiger partial charge in [-0.1, -0.05) is 0 Å². The van der Waals surface area contributed by atoms with E-state index in [4.69, 9.17) is 27.2 Å². The number of phosphoric acid groups is 3. The lowest BCUT2D eigenvalue weighted by atomic mass is 10.1. The molecule has 0 aromatic carbocycles. The molecule has 5 heterocycles. The van der Waals surface area contributed by atoms with E-state index in [1.165, 1.54) is 26.9 Å². The number of ether oxygens (including phenoxy) is 1. The first kappa shape index (κ1) is 59.1. The topological polar surface area (TPSA) is 460 Å². The zero-order valence-electron chi connectivity index (χ0n) is 38.8. The van der Waals surface area contributed by atoms with Crippen molar-refractivity contribution < 1.29 is 94.9 Å². The Morgan fingerprint density at radius 1 is 0.986 bits per heavy atom. The minimum Gasteiger partial charge on any atom is -0.481 e. The molecule has 6 amide bonds. The maximum Gasteiger partial charge on any atom is 0.490 e. The number of nitrogens with zero attached hydrogens (tertiary/aromatic N) is 4. The minimum absolute atomic E-state index is 0.0123. The van der Waals surface area contributed by atoms with E-state index in [2.05, 4.69) is 44.4 Å². The molecule has 5 rings (SSSR count). The van der Waals surface area contributed by atoms with Crippen LogP contribution in [0.5, 0.6) is 0 Å². The van der Waals surface area contributed by atoms with Crippen molar-refractivity contribution in [2.24, 2.45) is 0 Å². The highest BCUT2D eigenvalue weighted by molar-refractivity contribution is 7.98. The molecule has 3 saturated heterocycles. The van der Waals surface area contributed by atoms with Crippen molar-refractivity contribution in [2.45, 2.75) is 114 Å². The van der Waals surface area contributed by atoms with E-state index in [1.54, 1.807) is 0 Å². The van der Waals surface area contributed by atoms with Crippen LogP contribution in [0, 0.1) is 13.5 Å². The number of carboxylic acids is 1. The summed E-state index contributed by atoms with van der Waals surface area (Å²) in [5.74, 6) is -5.37. The number of carbonyl (C=O) groups excluding carboxylic acids is 6. The number of carbonyl (C=O) groups is 7. The standard InChI is InChI=1S/C38H56N10O21P3S/c1-3-40-33(54)23(16-30(52)53)43-35(56)25-10-7-14-47(25)37(58)22(8-4-5-12-41-20(2)49)42-34(55)24-9-6-13-46(24)29(51)11-15-73-48-18-21(31-32(48)36(57)45-38(39)44-31)27-17-26(50)28(67-27)19-66-71(62,63)69-72(64,65)68-70(59,60)61/h1,3,18,22-28,50H,4-17,19H2,2H3,(H,40,54)(H,41,49)(H,42,55)(H,43,56)(H,52,53)(H,62,63)(H,64,65)(H2,59,60,61)(H3,39,44,45,57)/t22?,23?,24?,25?,26-,27-,28-/m1/s1. The summed E-state index contributed by atoms with van der Waals surface area (Å²) in [5, 5.41) is 30.0. The number of amides is 6. The van der Waals surface area contributed by atoms with Crippen molar-refractivity contribution in [1.29, 1.82) is 0 Å². The Labute approximate surface area is 419 Å². The lowest BCUT2D eigenvalue weighted by molar-refractivity contribution is -0.144. The van der Waals surface area contributed by atoms with Gasteiger partial charge in [0.1, 0.15) is 41.3 Å². The average Bonchev–Trinajstić information content (AvgIpc) is 4.09. The molecular formula is C38H56N10O21P3S. The molecule has 2 aromatic rings. The molecule has 13 N–H and O–H groups in total. The van der Waals surface area contributed by atoms with Crippen LogP contribution in [0.1, 0.15) is 82.8 Å². The third kappa shape index (κ3) is 16.8. The number of fused-ring (bicyclic) bond motifs is 1. The molecule has 73 heavy (non-hydrogen) atoms. The molecule has 35 heteroatoms. The zero-order chi connectivity index (χ0) is 54.0. The molecule has 3 fully saturated rings. The Morgan fingerprint density at radius 3 is 2.26 bits per heavy atom. The number of aromatic nitrogens is 3. The molecule has 3 radical (unpaired) electrons. The van der Waals surface area contributed by atoms with E-state index in [0.717, 1.165) is 18.5 Å². The number of aliphatic hydroxyl groups is 1. The van der Waals surface area contributed by atoms with Crippen LogP contribution >= 0.6 is 35.4 Å². The smallest absolute Gasteiger partial charge is 0.481 e. The van der Waals surface area contributed by atoms with Crippen LogP contribution in [0.25, 0.3) is 11.0 Å². The fourth-order valence-corrected chi connectivity index (χ4v) is 12.3. The molecule has 0 aliphatic carbocycles. The lowest BCUT2D eigenvalue weighted by Crippen LogP contribution is -2.57. The van der Waals surface area contributed by atoms with Crippen LogP contribution in [0.3, 0.4) is 0 Å². The van der Waals surface area contributed by atoms with Crippen LogP contribution in [-0.4, -0.2) is 163 Å². The SMILES string of the molecule is [CH][CH]NC(=O)C(CC(=O)O)NC(=O)C1CCCN1C(=O)C(CCCCNC(C)=O)NC(=O)C1CCCN1C(=O)CCSn1cc([C@H]2C[C@@H](O)[C@@H](COP(=O)(O)OP(=O)(O)OP(=O)(O)O)O2)c2nc(N)[nH]c(=O)c21. The second-order valence-electron chi connectivity index (χ2n) is 16.8. The van der Waals surface area contributed by atoms with Gasteiger partial charge in [-0.2, -0.15) is 8.62 Å². The predicted octanol–water partition coefficient (Wildman–Crippen LogP) is -1.55. The molecule has 3 aliphatic rings. The number of aromatic amines is 1. The molecule has 0 bridgehead atoms. The summed E-state index contributed by atoms with van der Waals surface area (Å²) in [6.45, 7) is 6.95. The fourth-order valence-electron chi connectivity index (χ4n) is 8.34.